The minimum absolute atomic E-state index is 0.448. The lowest BCUT2D eigenvalue weighted by Gasteiger charge is -2.09. The largest absolute Gasteiger partial charge is 0.387 e. The lowest BCUT2D eigenvalue weighted by molar-refractivity contribution is 0.182. The summed E-state index contributed by atoms with van der Waals surface area (Å²) in [6, 6.07) is 18.4. The van der Waals surface area contributed by atoms with Gasteiger partial charge in [0.2, 0.25) is 0 Å². The third kappa shape index (κ3) is 2.73. The quantitative estimate of drug-likeness (QED) is 0.720. The van der Waals surface area contributed by atoms with Crippen LogP contribution in [0.25, 0.3) is 10.1 Å². The molecule has 96 valence electrons. The Morgan fingerprint density at radius 1 is 1.05 bits per heavy atom. The van der Waals surface area contributed by atoms with E-state index >= 15 is 0 Å². The fourth-order valence-electron chi connectivity index (χ4n) is 2.14. The van der Waals surface area contributed by atoms with Gasteiger partial charge in [0, 0.05) is 20.5 Å². The van der Waals surface area contributed by atoms with Crippen LogP contribution in [0.2, 0.25) is 0 Å². The molecule has 1 atom stereocenters. The molecule has 1 nitrogen and oxygen atoms in total. The zero-order chi connectivity index (χ0) is 13.2. The van der Waals surface area contributed by atoms with Crippen molar-refractivity contribution in [1.29, 1.82) is 0 Å². The first-order valence-corrected chi connectivity index (χ1v) is 7.75. The average Bonchev–Trinajstić information content (AvgIpc) is 2.85. The third-order valence-electron chi connectivity index (χ3n) is 3.14. The molecule has 1 heterocycles. The molecule has 0 radical (unpaired) electrons. The summed E-state index contributed by atoms with van der Waals surface area (Å²) >= 11 is 5.19. The molecule has 3 aromatic rings. The summed E-state index contributed by atoms with van der Waals surface area (Å²) in [5.41, 5.74) is 1.13. The van der Waals surface area contributed by atoms with E-state index in [2.05, 4.69) is 34.1 Å². The number of aliphatic hydroxyl groups excluding tert-OH is 1. The van der Waals surface area contributed by atoms with Crippen molar-refractivity contribution in [3.8, 4) is 0 Å². The normalized spacial score (nSPS) is 12.7. The summed E-state index contributed by atoms with van der Waals surface area (Å²) in [5, 5.41) is 11.6. The number of aliphatic hydroxyl groups is 1. The number of hydrogen-bond donors (Lipinski definition) is 1. The first-order valence-electron chi connectivity index (χ1n) is 6.14. The Balaban J connectivity index is 1.87. The highest BCUT2D eigenvalue weighted by molar-refractivity contribution is 9.10. The monoisotopic (exact) mass is 332 g/mol. The second-order valence-corrected chi connectivity index (χ2v) is 6.47. The van der Waals surface area contributed by atoms with Gasteiger partial charge in [-0.1, -0.05) is 52.3 Å². The van der Waals surface area contributed by atoms with Crippen LogP contribution in [0.4, 0.5) is 0 Å². The van der Waals surface area contributed by atoms with Crippen molar-refractivity contribution >= 4 is 37.4 Å². The Morgan fingerprint density at radius 2 is 1.79 bits per heavy atom. The van der Waals surface area contributed by atoms with Gasteiger partial charge in [-0.25, -0.2) is 0 Å². The van der Waals surface area contributed by atoms with E-state index in [1.165, 1.54) is 10.1 Å². The Hall–Kier alpha value is -1.16. The van der Waals surface area contributed by atoms with Crippen LogP contribution in [0.15, 0.2) is 59.1 Å². The van der Waals surface area contributed by atoms with Crippen molar-refractivity contribution in [1.82, 2.24) is 0 Å². The van der Waals surface area contributed by atoms with Crippen LogP contribution in [-0.4, -0.2) is 5.11 Å². The van der Waals surface area contributed by atoms with Gasteiger partial charge in [0.25, 0.3) is 0 Å². The predicted molar refractivity (Wildman–Crippen MR) is 84.6 cm³/mol. The molecule has 0 fully saturated rings. The highest BCUT2D eigenvalue weighted by atomic mass is 79.9. The first-order chi connectivity index (χ1) is 9.24. The SMILES string of the molecule is OC(Cc1ccccc1Br)c1cc2ccccc2s1. The van der Waals surface area contributed by atoms with Crippen molar-refractivity contribution in [3.05, 3.63) is 69.5 Å². The number of benzene rings is 2. The number of rotatable bonds is 3. The van der Waals surface area contributed by atoms with Crippen LogP contribution in [0, 0.1) is 0 Å². The van der Waals surface area contributed by atoms with Crippen LogP contribution in [-0.2, 0) is 6.42 Å². The second kappa shape index (κ2) is 5.45. The minimum Gasteiger partial charge on any atom is -0.387 e. The van der Waals surface area contributed by atoms with Crippen LogP contribution in [0.3, 0.4) is 0 Å². The number of halogens is 1. The summed E-state index contributed by atoms with van der Waals surface area (Å²) in [4.78, 5) is 1.02. The van der Waals surface area contributed by atoms with E-state index in [0.717, 1.165) is 14.9 Å². The summed E-state index contributed by atoms with van der Waals surface area (Å²) in [6.07, 6.45) is 0.185. The fraction of sp³-hybridized carbons (Fsp3) is 0.125. The van der Waals surface area contributed by atoms with E-state index in [-0.39, 0.29) is 0 Å². The number of thiophene rings is 1. The van der Waals surface area contributed by atoms with E-state index in [1.807, 2.05) is 36.4 Å². The molecule has 0 aliphatic carbocycles. The van der Waals surface area contributed by atoms with Gasteiger partial charge in [0.15, 0.2) is 0 Å². The van der Waals surface area contributed by atoms with Crippen molar-refractivity contribution < 1.29 is 5.11 Å². The maximum absolute atomic E-state index is 10.4. The zero-order valence-corrected chi connectivity index (χ0v) is 12.6. The zero-order valence-electron chi connectivity index (χ0n) is 10.2. The summed E-state index contributed by atoms with van der Waals surface area (Å²) in [5.74, 6) is 0. The lowest BCUT2D eigenvalue weighted by Crippen LogP contribution is -1.99. The van der Waals surface area contributed by atoms with Gasteiger partial charge < -0.3 is 5.11 Å². The maximum Gasteiger partial charge on any atom is 0.0923 e. The molecule has 19 heavy (non-hydrogen) atoms. The molecule has 1 aromatic heterocycles. The molecule has 1 N–H and O–H groups in total. The van der Waals surface area contributed by atoms with E-state index in [4.69, 9.17) is 0 Å². The van der Waals surface area contributed by atoms with Gasteiger partial charge in [-0.05, 0) is 29.1 Å². The van der Waals surface area contributed by atoms with Gasteiger partial charge in [-0.2, -0.15) is 0 Å². The fourth-order valence-corrected chi connectivity index (χ4v) is 3.64. The molecule has 0 saturated carbocycles. The third-order valence-corrected chi connectivity index (χ3v) is 5.14. The summed E-state index contributed by atoms with van der Waals surface area (Å²) < 4.78 is 2.28. The first kappa shape index (κ1) is 12.9. The number of hydrogen-bond acceptors (Lipinski definition) is 2. The average molecular weight is 333 g/mol. The topological polar surface area (TPSA) is 20.2 Å². The van der Waals surface area contributed by atoms with Crippen molar-refractivity contribution in [2.75, 3.05) is 0 Å². The lowest BCUT2D eigenvalue weighted by atomic mass is 10.1. The molecule has 0 spiro atoms. The molecule has 0 amide bonds. The predicted octanol–water partition coefficient (Wildman–Crippen LogP) is 4.94. The maximum atomic E-state index is 10.4. The van der Waals surface area contributed by atoms with Gasteiger partial charge in [0.05, 0.1) is 6.10 Å². The second-order valence-electron chi connectivity index (χ2n) is 4.50. The minimum atomic E-state index is -0.448. The molecule has 1 unspecified atom stereocenters. The molecule has 3 rings (SSSR count). The van der Waals surface area contributed by atoms with Crippen molar-refractivity contribution in [3.63, 3.8) is 0 Å². The van der Waals surface area contributed by atoms with Gasteiger partial charge in [-0.3, -0.25) is 0 Å². The standard InChI is InChI=1S/C16H13BrOS/c17-13-7-3-1-5-11(13)9-14(18)16-10-12-6-2-4-8-15(12)19-16/h1-8,10,14,18H,9H2. The molecule has 0 aliphatic heterocycles. The summed E-state index contributed by atoms with van der Waals surface area (Å²) in [7, 11) is 0. The van der Waals surface area contributed by atoms with Gasteiger partial charge in [0.1, 0.15) is 0 Å². The van der Waals surface area contributed by atoms with Crippen LogP contribution in [0.1, 0.15) is 16.5 Å². The van der Waals surface area contributed by atoms with Gasteiger partial charge >= 0.3 is 0 Å². The van der Waals surface area contributed by atoms with Crippen LogP contribution in [0.5, 0.6) is 0 Å². The van der Waals surface area contributed by atoms with Crippen LogP contribution < -0.4 is 0 Å². The van der Waals surface area contributed by atoms with E-state index in [9.17, 15) is 5.11 Å². The van der Waals surface area contributed by atoms with E-state index < -0.39 is 6.10 Å². The summed E-state index contributed by atoms with van der Waals surface area (Å²) in [6.45, 7) is 0. The number of fused-ring (bicyclic) bond motifs is 1. The van der Waals surface area contributed by atoms with Gasteiger partial charge in [-0.15, -0.1) is 11.3 Å². The Labute approximate surface area is 124 Å². The smallest absolute Gasteiger partial charge is 0.0923 e. The molecule has 3 heteroatoms. The molecule has 0 saturated heterocycles. The molecular weight excluding hydrogens is 320 g/mol. The highest BCUT2D eigenvalue weighted by Crippen LogP contribution is 2.32. The van der Waals surface area contributed by atoms with Crippen LogP contribution >= 0.6 is 27.3 Å². The van der Waals surface area contributed by atoms with Crippen molar-refractivity contribution in [2.24, 2.45) is 0 Å². The molecule has 2 aromatic carbocycles. The Morgan fingerprint density at radius 3 is 2.58 bits per heavy atom. The molecular formula is C16H13BrOS. The Bertz CT molecular complexity index is 672. The van der Waals surface area contributed by atoms with Crippen molar-refractivity contribution in [2.45, 2.75) is 12.5 Å². The highest BCUT2D eigenvalue weighted by Gasteiger charge is 2.13. The van der Waals surface area contributed by atoms with E-state index in [0.29, 0.717) is 6.42 Å². The Kier molecular flexibility index (Phi) is 3.69. The van der Waals surface area contributed by atoms with E-state index in [1.54, 1.807) is 11.3 Å². The molecule has 0 aliphatic rings. The molecule has 0 bridgehead atoms.